The summed E-state index contributed by atoms with van der Waals surface area (Å²) in [5.74, 6) is 2.70. The van der Waals surface area contributed by atoms with Gasteiger partial charge >= 0.3 is 0 Å². The van der Waals surface area contributed by atoms with Crippen molar-refractivity contribution in [3.63, 3.8) is 0 Å². The Balaban J connectivity index is 1.74. The van der Waals surface area contributed by atoms with Crippen LogP contribution in [0.25, 0.3) is 0 Å². The molecule has 2 fully saturated rings. The molecule has 0 bridgehead atoms. The van der Waals surface area contributed by atoms with Gasteiger partial charge in [-0.3, -0.25) is 4.99 Å². The van der Waals surface area contributed by atoms with Gasteiger partial charge in [-0.25, -0.2) is 0 Å². The average Bonchev–Trinajstić information content (AvgIpc) is 2.77. The predicted molar refractivity (Wildman–Crippen MR) is 76.7 cm³/mol. The fourth-order valence-corrected chi connectivity index (χ4v) is 3.52. The molecule has 0 aromatic heterocycles. The summed E-state index contributed by atoms with van der Waals surface area (Å²) in [5, 5.41) is 4.72. The maximum Gasteiger partial charge on any atom is 0.156 e. The lowest BCUT2D eigenvalue weighted by molar-refractivity contribution is 0.224. The first-order valence-electron chi connectivity index (χ1n) is 6.77. The number of nitrogens with one attached hydrogen (secondary N) is 1. The van der Waals surface area contributed by atoms with Crippen molar-refractivity contribution in [2.24, 2.45) is 16.8 Å². The fraction of sp³-hybridized carbons (Fsp3) is 0.923. The fourth-order valence-electron chi connectivity index (χ4n) is 2.32. The Morgan fingerprint density at radius 2 is 2.12 bits per heavy atom. The van der Waals surface area contributed by atoms with Gasteiger partial charge in [0.1, 0.15) is 0 Å². The monoisotopic (exact) mass is 255 g/mol. The molecule has 0 radical (unpaired) electrons. The standard InChI is InChI=1S/C13H25N3S/c1-10(2)12-9-17-13(15-12)14-8-11-4-6-16(3)7-5-11/h10-12H,4-9H2,1-3H3,(H,14,15)/t12-/m1/s1. The first-order chi connectivity index (χ1) is 8.15. The number of thioether (sulfide) groups is 1. The highest BCUT2D eigenvalue weighted by atomic mass is 32.2. The second kappa shape index (κ2) is 6.10. The third-order valence-electron chi connectivity index (χ3n) is 3.84. The molecule has 0 saturated carbocycles. The maximum absolute atomic E-state index is 4.75. The summed E-state index contributed by atoms with van der Waals surface area (Å²) in [6, 6.07) is 0.622. The van der Waals surface area contributed by atoms with Crippen LogP contribution in [-0.4, -0.2) is 48.5 Å². The molecule has 0 unspecified atom stereocenters. The molecule has 1 atom stereocenters. The summed E-state index contributed by atoms with van der Waals surface area (Å²) in [6.45, 7) is 8.06. The minimum Gasteiger partial charge on any atom is -0.361 e. The molecule has 2 rings (SSSR count). The second-order valence-corrected chi connectivity index (χ2v) is 6.71. The van der Waals surface area contributed by atoms with Crippen molar-refractivity contribution in [1.82, 2.24) is 10.2 Å². The van der Waals surface area contributed by atoms with Crippen molar-refractivity contribution in [3.8, 4) is 0 Å². The zero-order valence-corrected chi connectivity index (χ0v) is 12.1. The molecular weight excluding hydrogens is 230 g/mol. The quantitative estimate of drug-likeness (QED) is 0.836. The van der Waals surface area contributed by atoms with Gasteiger partial charge in [0.25, 0.3) is 0 Å². The van der Waals surface area contributed by atoms with Gasteiger partial charge in [0.2, 0.25) is 0 Å². The Morgan fingerprint density at radius 3 is 2.71 bits per heavy atom. The van der Waals surface area contributed by atoms with Gasteiger partial charge in [0.05, 0.1) is 0 Å². The summed E-state index contributed by atoms with van der Waals surface area (Å²) in [7, 11) is 2.21. The van der Waals surface area contributed by atoms with Crippen LogP contribution in [0, 0.1) is 11.8 Å². The van der Waals surface area contributed by atoms with Gasteiger partial charge in [-0.2, -0.15) is 0 Å². The van der Waals surface area contributed by atoms with E-state index in [0.29, 0.717) is 12.0 Å². The summed E-state index contributed by atoms with van der Waals surface area (Å²) in [4.78, 5) is 7.17. The van der Waals surface area contributed by atoms with E-state index in [-0.39, 0.29) is 0 Å². The molecule has 1 N–H and O–H groups in total. The number of piperidine rings is 1. The molecule has 2 heterocycles. The Hall–Kier alpha value is -0.220. The first-order valence-corrected chi connectivity index (χ1v) is 7.76. The second-order valence-electron chi connectivity index (χ2n) is 5.70. The molecule has 0 aliphatic carbocycles. The van der Waals surface area contributed by atoms with Crippen molar-refractivity contribution in [1.29, 1.82) is 0 Å². The van der Waals surface area contributed by atoms with E-state index in [1.165, 1.54) is 36.9 Å². The predicted octanol–water partition coefficient (Wildman–Crippen LogP) is 2.05. The van der Waals surface area contributed by atoms with Gasteiger partial charge in [-0.05, 0) is 44.8 Å². The molecule has 2 saturated heterocycles. The number of hydrogen-bond acceptors (Lipinski definition) is 3. The average molecular weight is 255 g/mol. The lowest BCUT2D eigenvalue weighted by atomic mass is 9.97. The topological polar surface area (TPSA) is 27.6 Å². The van der Waals surface area contributed by atoms with Crippen molar-refractivity contribution < 1.29 is 0 Å². The van der Waals surface area contributed by atoms with Crippen LogP contribution in [0.15, 0.2) is 4.99 Å². The highest BCUT2D eigenvalue weighted by Gasteiger charge is 2.23. The van der Waals surface area contributed by atoms with E-state index in [1.54, 1.807) is 0 Å². The highest BCUT2D eigenvalue weighted by molar-refractivity contribution is 8.14. The van der Waals surface area contributed by atoms with Crippen molar-refractivity contribution in [2.45, 2.75) is 32.7 Å². The molecule has 0 aromatic rings. The molecule has 17 heavy (non-hydrogen) atoms. The van der Waals surface area contributed by atoms with Crippen molar-refractivity contribution in [3.05, 3.63) is 0 Å². The molecule has 0 spiro atoms. The van der Waals surface area contributed by atoms with Gasteiger partial charge in [0, 0.05) is 18.3 Å². The molecule has 0 amide bonds. The van der Waals surface area contributed by atoms with Crippen molar-refractivity contribution >= 4 is 16.9 Å². The summed E-state index contributed by atoms with van der Waals surface area (Å²) < 4.78 is 0. The van der Waals surface area contributed by atoms with Gasteiger partial charge in [-0.1, -0.05) is 25.6 Å². The van der Waals surface area contributed by atoms with E-state index in [4.69, 9.17) is 4.99 Å². The number of likely N-dealkylation sites (tertiary alicyclic amines) is 1. The summed E-state index contributed by atoms with van der Waals surface area (Å²) in [6.07, 6.45) is 2.62. The van der Waals surface area contributed by atoms with Crippen LogP contribution < -0.4 is 5.32 Å². The summed E-state index contributed by atoms with van der Waals surface area (Å²) in [5.41, 5.74) is 0. The van der Waals surface area contributed by atoms with E-state index in [0.717, 1.165) is 12.5 Å². The summed E-state index contributed by atoms with van der Waals surface area (Å²) >= 11 is 1.90. The smallest absolute Gasteiger partial charge is 0.156 e. The van der Waals surface area contributed by atoms with E-state index >= 15 is 0 Å². The lowest BCUT2D eigenvalue weighted by Gasteiger charge is -2.27. The van der Waals surface area contributed by atoms with Crippen LogP contribution in [-0.2, 0) is 0 Å². The normalized spacial score (nSPS) is 30.1. The SMILES string of the molecule is CC(C)[C@H]1CSC(=NCC2CCN(C)CC2)N1. The number of aliphatic imine (C=N–C) groups is 1. The van der Waals surface area contributed by atoms with Gasteiger partial charge < -0.3 is 10.2 Å². The number of rotatable bonds is 3. The largest absolute Gasteiger partial charge is 0.361 e. The molecule has 0 aromatic carbocycles. The zero-order chi connectivity index (χ0) is 12.3. The number of amidine groups is 1. The van der Waals surface area contributed by atoms with E-state index < -0.39 is 0 Å². The van der Waals surface area contributed by atoms with Crippen LogP contribution in [0.5, 0.6) is 0 Å². The number of nitrogens with zero attached hydrogens (tertiary/aromatic N) is 2. The van der Waals surface area contributed by atoms with Gasteiger partial charge in [0.15, 0.2) is 5.17 Å². The minimum atomic E-state index is 0.622. The molecule has 2 aliphatic heterocycles. The molecule has 3 nitrogen and oxygen atoms in total. The van der Waals surface area contributed by atoms with Crippen LogP contribution in [0.1, 0.15) is 26.7 Å². The highest BCUT2D eigenvalue weighted by Crippen LogP contribution is 2.21. The van der Waals surface area contributed by atoms with Crippen molar-refractivity contribution in [2.75, 3.05) is 32.4 Å². The Labute approximate surface area is 109 Å². The van der Waals surface area contributed by atoms with Crippen LogP contribution in [0.3, 0.4) is 0 Å². The van der Waals surface area contributed by atoms with E-state index in [2.05, 4.69) is 31.1 Å². The molecular formula is C13H25N3S. The minimum absolute atomic E-state index is 0.622. The molecule has 4 heteroatoms. The Kier molecular flexibility index (Phi) is 4.74. The third kappa shape index (κ3) is 3.88. The van der Waals surface area contributed by atoms with E-state index in [9.17, 15) is 0 Å². The van der Waals surface area contributed by atoms with Crippen LogP contribution in [0.2, 0.25) is 0 Å². The molecule has 98 valence electrons. The first kappa shape index (κ1) is 13.2. The van der Waals surface area contributed by atoms with E-state index in [1.807, 2.05) is 11.8 Å². The Bertz CT molecular complexity index is 270. The third-order valence-corrected chi connectivity index (χ3v) is 4.89. The Morgan fingerprint density at radius 1 is 1.41 bits per heavy atom. The maximum atomic E-state index is 4.75. The van der Waals surface area contributed by atoms with Crippen LogP contribution >= 0.6 is 11.8 Å². The van der Waals surface area contributed by atoms with Gasteiger partial charge in [-0.15, -0.1) is 0 Å². The molecule has 2 aliphatic rings. The van der Waals surface area contributed by atoms with Crippen LogP contribution in [0.4, 0.5) is 0 Å². The zero-order valence-electron chi connectivity index (χ0n) is 11.3. The lowest BCUT2D eigenvalue weighted by Crippen LogP contribution is -2.33. The number of hydrogen-bond donors (Lipinski definition) is 1.